The summed E-state index contributed by atoms with van der Waals surface area (Å²) in [5, 5.41) is 8.33. The van der Waals surface area contributed by atoms with Crippen molar-refractivity contribution < 1.29 is 4.74 Å². The van der Waals surface area contributed by atoms with E-state index in [4.69, 9.17) is 4.74 Å². The lowest BCUT2D eigenvalue weighted by Crippen LogP contribution is -2.10. The topological polar surface area (TPSA) is 35.0 Å². The fourth-order valence-corrected chi connectivity index (χ4v) is 2.39. The highest BCUT2D eigenvalue weighted by Gasteiger charge is 2.15. The summed E-state index contributed by atoms with van der Waals surface area (Å²) in [5.74, 6) is 1.34. The highest BCUT2D eigenvalue weighted by atomic mass is 16.5. The monoisotopic (exact) mass is 216 g/mol. The average Bonchev–Trinajstić information content (AvgIpc) is 2.97. The number of nitrogens with zero attached hydrogens (tertiary/aromatic N) is 2. The Morgan fingerprint density at radius 1 is 1.19 bits per heavy atom. The Kier molecular flexibility index (Phi) is 2.60. The largest absolute Gasteiger partial charge is 0.476 e. The van der Waals surface area contributed by atoms with E-state index in [1.54, 1.807) is 0 Å². The molecule has 0 radical (unpaired) electrons. The highest BCUT2D eigenvalue weighted by Crippen LogP contribution is 2.23. The highest BCUT2D eigenvalue weighted by molar-refractivity contribution is 5.27. The van der Waals surface area contributed by atoms with E-state index in [1.165, 1.54) is 12.0 Å². The first-order valence-corrected chi connectivity index (χ1v) is 6.05. The van der Waals surface area contributed by atoms with Gasteiger partial charge in [-0.15, -0.1) is 5.10 Å². The van der Waals surface area contributed by atoms with Gasteiger partial charge in [0.2, 0.25) is 5.88 Å². The summed E-state index contributed by atoms with van der Waals surface area (Å²) < 4.78 is 5.70. The standard InChI is InChI=1S/C13H16N2O/c1-2-5-10(4-1)9-16-13-8-11-6-3-7-12(11)14-15-13/h1-2,8,10H,3-7,9H2. The molecule has 0 bridgehead atoms. The van der Waals surface area contributed by atoms with Crippen LogP contribution in [0.3, 0.4) is 0 Å². The third kappa shape index (κ3) is 1.94. The molecule has 3 nitrogen and oxygen atoms in total. The summed E-state index contributed by atoms with van der Waals surface area (Å²) in [5.41, 5.74) is 2.49. The maximum atomic E-state index is 5.70. The quantitative estimate of drug-likeness (QED) is 0.727. The SMILES string of the molecule is C1=CCC(COc2cc3c(nn2)CCC3)C1. The Hall–Kier alpha value is -1.38. The molecule has 0 spiro atoms. The van der Waals surface area contributed by atoms with E-state index < -0.39 is 0 Å². The number of rotatable bonds is 3. The van der Waals surface area contributed by atoms with Gasteiger partial charge in [0.15, 0.2) is 0 Å². The van der Waals surface area contributed by atoms with Gasteiger partial charge in [-0.25, -0.2) is 0 Å². The van der Waals surface area contributed by atoms with Crippen molar-refractivity contribution in [2.45, 2.75) is 32.1 Å². The van der Waals surface area contributed by atoms with Gasteiger partial charge in [0.1, 0.15) is 0 Å². The first-order valence-electron chi connectivity index (χ1n) is 6.05. The predicted molar refractivity (Wildman–Crippen MR) is 61.4 cm³/mol. The van der Waals surface area contributed by atoms with Crippen molar-refractivity contribution in [2.24, 2.45) is 5.92 Å². The Bertz CT molecular complexity index is 406. The predicted octanol–water partition coefficient (Wildman–Crippen LogP) is 2.31. The van der Waals surface area contributed by atoms with Gasteiger partial charge in [-0.1, -0.05) is 12.2 Å². The normalized spacial score (nSPS) is 19.0. The lowest BCUT2D eigenvalue weighted by atomic mass is 10.1. The molecule has 84 valence electrons. The van der Waals surface area contributed by atoms with Crippen LogP contribution in [0.15, 0.2) is 18.2 Å². The lowest BCUT2D eigenvalue weighted by molar-refractivity contribution is 0.244. The molecule has 16 heavy (non-hydrogen) atoms. The molecule has 0 aliphatic heterocycles. The number of hydrogen-bond acceptors (Lipinski definition) is 3. The van der Waals surface area contributed by atoms with Gasteiger partial charge in [-0.2, -0.15) is 5.10 Å². The van der Waals surface area contributed by atoms with E-state index >= 15 is 0 Å². The van der Waals surface area contributed by atoms with Crippen molar-refractivity contribution in [3.8, 4) is 5.88 Å². The molecule has 0 atom stereocenters. The van der Waals surface area contributed by atoms with E-state index in [0.717, 1.165) is 38.0 Å². The molecule has 2 aliphatic rings. The molecule has 1 aromatic heterocycles. The van der Waals surface area contributed by atoms with Gasteiger partial charge in [0.25, 0.3) is 0 Å². The lowest BCUT2D eigenvalue weighted by Gasteiger charge is -2.10. The Labute approximate surface area is 95.5 Å². The molecule has 0 unspecified atom stereocenters. The molecule has 1 aromatic rings. The van der Waals surface area contributed by atoms with Crippen LogP contribution in [0, 0.1) is 5.92 Å². The van der Waals surface area contributed by atoms with E-state index in [1.807, 2.05) is 0 Å². The molecular formula is C13H16N2O. The molecule has 2 aliphatic carbocycles. The van der Waals surface area contributed by atoms with Crippen LogP contribution in [0.5, 0.6) is 5.88 Å². The van der Waals surface area contributed by atoms with Crippen LogP contribution >= 0.6 is 0 Å². The van der Waals surface area contributed by atoms with E-state index in [9.17, 15) is 0 Å². The summed E-state index contributed by atoms with van der Waals surface area (Å²) >= 11 is 0. The first kappa shape index (κ1) is 9.82. The van der Waals surface area contributed by atoms with Gasteiger partial charge in [0, 0.05) is 6.07 Å². The van der Waals surface area contributed by atoms with Crippen LogP contribution in [-0.4, -0.2) is 16.8 Å². The zero-order chi connectivity index (χ0) is 10.8. The van der Waals surface area contributed by atoms with Crippen molar-refractivity contribution in [2.75, 3.05) is 6.61 Å². The number of hydrogen-bond donors (Lipinski definition) is 0. The zero-order valence-corrected chi connectivity index (χ0v) is 9.35. The van der Waals surface area contributed by atoms with Crippen LogP contribution in [0.25, 0.3) is 0 Å². The van der Waals surface area contributed by atoms with Crippen molar-refractivity contribution in [3.63, 3.8) is 0 Å². The molecular weight excluding hydrogens is 200 g/mol. The van der Waals surface area contributed by atoms with Crippen LogP contribution in [-0.2, 0) is 12.8 Å². The van der Waals surface area contributed by atoms with Crippen molar-refractivity contribution in [1.29, 1.82) is 0 Å². The minimum atomic E-state index is 0.634. The van der Waals surface area contributed by atoms with Gasteiger partial charge >= 0.3 is 0 Å². The molecule has 3 heteroatoms. The molecule has 0 N–H and O–H groups in total. The number of aryl methyl sites for hydroxylation is 2. The Balaban J connectivity index is 1.62. The van der Waals surface area contributed by atoms with Crippen molar-refractivity contribution >= 4 is 0 Å². The smallest absolute Gasteiger partial charge is 0.233 e. The second-order valence-electron chi connectivity index (χ2n) is 4.63. The number of allylic oxidation sites excluding steroid dienone is 2. The second kappa shape index (κ2) is 4.24. The number of aromatic nitrogens is 2. The molecule has 0 fully saturated rings. The van der Waals surface area contributed by atoms with Crippen LogP contribution in [0.1, 0.15) is 30.5 Å². The average molecular weight is 216 g/mol. The maximum absolute atomic E-state index is 5.70. The third-order valence-corrected chi connectivity index (χ3v) is 3.37. The molecule has 3 rings (SSSR count). The van der Waals surface area contributed by atoms with E-state index in [2.05, 4.69) is 28.4 Å². The molecule has 0 amide bonds. The van der Waals surface area contributed by atoms with E-state index in [-0.39, 0.29) is 0 Å². The number of ether oxygens (including phenoxy) is 1. The maximum Gasteiger partial charge on any atom is 0.233 e. The van der Waals surface area contributed by atoms with E-state index in [0.29, 0.717) is 11.8 Å². The summed E-state index contributed by atoms with van der Waals surface area (Å²) in [6, 6.07) is 2.07. The summed E-state index contributed by atoms with van der Waals surface area (Å²) in [6.07, 6.45) is 10.1. The molecule has 0 aromatic carbocycles. The summed E-state index contributed by atoms with van der Waals surface area (Å²) in [4.78, 5) is 0. The Morgan fingerprint density at radius 2 is 2.06 bits per heavy atom. The van der Waals surface area contributed by atoms with Gasteiger partial charge in [-0.05, 0) is 43.6 Å². The zero-order valence-electron chi connectivity index (χ0n) is 9.35. The fourth-order valence-electron chi connectivity index (χ4n) is 2.39. The Morgan fingerprint density at radius 3 is 2.94 bits per heavy atom. The summed E-state index contributed by atoms with van der Waals surface area (Å²) in [6.45, 7) is 0.764. The minimum absolute atomic E-state index is 0.634. The van der Waals surface area contributed by atoms with Crippen LogP contribution in [0.4, 0.5) is 0 Å². The van der Waals surface area contributed by atoms with Crippen molar-refractivity contribution in [1.82, 2.24) is 10.2 Å². The fraction of sp³-hybridized carbons (Fsp3) is 0.538. The second-order valence-corrected chi connectivity index (χ2v) is 4.63. The molecule has 0 saturated carbocycles. The van der Waals surface area contributed by atoms with Gasteiger partial charge in [-0.3, -0.25) is 0 Å². The number of fused-ring (bicyclic) bond motifs is 1. The summed E-state index contributed by atoms with van der Waals surface area (Å²) in [7, 11) is 0. The van der Waals surface area contributed by atoms with Crippen LogP contribution in [0.2, 0.25) is 0 Å². The van der Waals surface area contributed by atoms with Gasteiger partial charge < -0.3 is 4.74 Å². The molecule has 1 heterocycles. The van der Waals surface area contributed by atoms with Crippen molar-refractivity contribution in [3.05, 3.63) is 29.5 Å². The van der Waals surface area contributed by atoms with Crippen LogP contribution < -0.4 is 4.74 Å². The minimum Gasteiger partial charge on any atom is -0.476 e. The van der Waals surface area contributed by atoms with Gasteiger partial charge in [0.05, 0.1) is 12.3 Å². The third-order valence-electron chi connectivity index (χ3n) is 3.37. The first-order chi connectivity index (χ1) is 7.92. The molecule has 0 saturated heterocycles.